The molecular formula is C19H15ClFN5O. The lowest BCUT2D eigenvalue weighted by atomic mass is 10.1. The summed E-state index contributed by atoms with van der Waals surface area (Å²) >= 11 is 5.80. The third-order valence-electron chi connectivity index (χ3n) is 4.33. The van der Waals surface area contributed by atoms with Crippen molar-refractivity contribution in [3.8, 4) is 11.1 Å². The summed E-state index contributed by atoms with van der Waals surface area (Å²) in [7, 11) is 0. The lowest BCUT2D eigenvalue weighted by molar-refractivity contribution is 0.0996. The normalized spacial score (nSPS) is 11.2. The molecule has 1 aromatic carbocycles. The van der Waals surface area contributed by atoms with Gasteiger partial charge >= 0.3 is 0 Å². The fourth-order valence-corrected chi connectivity index (χ4v) is 3.13. The number of benzene rings is 1. The quantitative estimate of drug-likeness (QED) is 0.573. The fourth-order valence-electron chi connectivity index (χ4n) is 3.01. The number of nitrogens with two attached hydrogens (primary N) is 1. The Morgan fingerprint density at radius 2 is 2.07 bits per heavy atom. The highest BCUT2D eigenvalue weighted by Crippen LogP contribution is 2.32. The van der Waals surface area contributed by atoms with Crippen molar-refractivity contribution < 1.29 is 9.18 Å². The average molecular weight is 384 g/mol. The largest absolute Gasteiger partial charge is 0.364 e. The van der Waals surface area contributed by atoms with Crippen molar-refractivity contribution in [1.82, 2.24) is 19.3 Å². The summed E-state index contributed by atoms with van der Waals surface area (Å²) in [5.74, 6) is -1.09. The van der Waals surface area contributed by atoms with E-state index in [0.717, 1.165) is 10.9 Å². The van der Waals surface area contributed by atoms with E-state index in [1.807, 2.05) is 23.0 Å². The van der Waals surface area contributed by atoms with Gasteiger partial charge in [-0.05, 0) is 35.9 Å². The molecule has 1 amide bonds. The number of carbonyl (C=O) groups excluding carboxylic acids is 1. The van der Waals surface area contributed by atoms with Gasteiger partial charge in [0.15, 0.2) is 0 Å². The Morgan fingerprint density at radius 3 is 2.78 bits per heavy atom. The number of halogens is 2. The molecule has 0 saturated heterocycles. The van der Waals surface area contributed by atoms with E-state index in [9.17, 15) is 9.18 Å². The predicted molar refractivity (Wildman–Crippen MR) is 101 cm³/mol. The fraction of sp³-hybridized carbons (Fsp3) is 0.105. The number of hydrogen-bond donors (Lipinski definition) is 1. The lowest BCUT2D eigenvalue weighted by Crippen LogP contribution is -2.14. The topological polar surface area (TPSA) is 78.7 Å². The highest BCUT2D eigenvalue weighted by Gasteiger charge is 2.15. The maximum Gasteiger partial charge on any atom is 0.267 e. The summed E-state index contributed by atoms with van der Waals surface area (Å²) in [6.45, 7) is 1.19. The molecule has 0 aliphatic rings. The van der Waals surface area contributed by atoms with Gasteiger partial charge in [0.1, 0.15) is 17.2 Å². The van der Waals surface area contributed by atoms with Crippen LogP contribution in [0.25, 0.3) is 22.2 Å². The summed E-state index contributed by atoms with van der Waals surface area (Å²) in [5, 5.41) is 5.05. The van der Waals surface area contributed by atoms with E-state index < -0.39 is 11.7 Å². The minimum absolute atomic E-state index is 0.0651. The molecule has 6 nitrogen and oxygen atoms in total. The number of fused-ring (bicyclic) bond motifs is 1. The molecule has 3 aromatic heterocycles. The molecule has 136 valence electrons. The molecule has 0 spiro atoms. The average Bonchev–Trinajstić information content (AvgIpc) is 3.29. The lowest BCUT2D eigenvalue weighted by Gasteiger charge is -2.05. The zero-order valence-corrected chi connectivity index (χ0v) is 14.9. The van der Waals surface area contributed by atoms with Crippen molar-refractivity contribution in [3.63, 3.8) is 0 Å². The molecule has 27 heavy (non-hydrogen) atoms. The van der Waals surface area contributed by atoms with E-state index >= 15 is 0 Å². The van der Waals surface area contributed by atoms with Crippen LogP contribution in [-0.2, 0) is 13.1 Å². The van der Waals surface area contributed by atoms with E-state index in [-0.39, 0.29) is 10.7 Å². The number of aryl methyl sites for hydroxylation is 2. The highest BCUT2D eigenvalue weighted by molar-refractivity contribution is 6.30. The number of primary amides is 1. The van der Waals surface area contributed by atoms with Crippen molar-refractivity contribution in [2.24, 2.45) is 5.73 Å². The number of hydrogen-bond acceptors (Lipinski definition) is 3. The molecule has 0 atom stereocenters. The summed E-state index contributed by atoms with van der Waals surface area (Å²) in [6.07, 6.45) is 5.46. The van der Waals surface area contributed by atoms with Crippen LogP contribution in [0.1, 0.15) is 10.5 Å². The first kappa shape index (κ1) is 17.2. The molecule has 4 aromatic rings. The molecule has 4 rings (SSSR count). The van der Waals surface area contributed by atoms with Crippen LogP contribution in [0.2, 0.25) is 5.02 Å². The molecule has 0 aliphatic heterocycles. The number of amides is 1. The number of nitrogens with zero attached hydrogens (tertiary/aromatic N) is 4. The Kier molecular flexibility index (Phi) is 4.37. The highest BCUT2D eigenvalue weighted by atomic mass is 35.5. The first-order valence-electron chi connectivity index (χ1n) is 8.25. The van der Waals surface area contributed by atoms with Crippen LogP contribution in [0.3, 0.4) is 0 Å². The second-order valence-corrected chi connectivity index (χ2v) is 6.47. The number of carbonyl (C=O) groups is 1. The maximum atomic E-state index is 13.9. The van der Waals surface area contributed by atoms with Crippen molar-refractivity contribution in [2.45, 2.75) is 13.1 Å². The molecule has 0 aliphatic carbocycles. The van der Waals surface area contributed by atoms with Gasteiger partial charge in [0, 0.05) is 36.1 Å². The van der Waals surface area contributed by atoms with Gasteiger partial charge in [-0.1, -0.05) is 17.7 Å². The van der Waals surface area contributed by atoms with Crippen LogP contribution in [0.5, 0.6) is 0 Å². The van der Waals surface area contributed by atoms with E-state index in [1.165, 1.54) is 12.1 Å². The van der Waals surface area contributed by atoms with Gasteiger partial charge in [0.2, 0.25) is 0 Å². The summed E-state index contributed by atoms with van der Waals surface area (Å²) in [5.41, 5.74) is 7.62. The molecule has 3 heterocycles. The Bertz CT molecular complexity index is 1140. The third kappa shape index (κ3) is 3.29. The van der Waals surface area contributed by atoms with Crippen molar-refractivity contribution in [3.05, 3.63) is 71.5 Å². The van der Waals surface area contributed by atoms with E-state index in [2.05, 4.69) is 10.1 Å². The minimum Gasteiger partial charge on any atom is -0.364 e. The van der Waals surface area contributed by atoms with Crippen molar-refractivity contribution in [1.29, 1.82) is 0 Å². The van der Waals surface area contributed by atoms with Crippen LogP contribution < -0.4 is 5.73 Å². The van der Waals surface area contributed by atoms with Crippen LogP contribution >= 0.6 is 11.6 Å². The SMILES string of the molecule is NC(=O)c1ccc2c(-c3ccc(Cl)c(F)c3)cn(CCn3cccn3)c2n1. The zero-order chi connectivity index (χ0) is 19.0. The number of aromatic nitrogens is 4. The number of pyridine rings is 1. The Hall–Kier alpha value is -3.19. The smallest absolute Gasteiger partial charge is 0.267 e. The molecular weight excluding hydrogens is 369 g/mol. The van der Waals surface area contributed by atoms with Crippen molar-refractivity contribution in [2.75, 3.05) is 0 Å². The molecule has 0 saturated carbocycles. The van der Waals surface area contributed by atoms with Gasteiger partial charge in [-0.2, -0.15) is 5.10 Å². The first-order valence-corrected chi connectivity index (χ1v) is 8.63. The van der Waals surface area contributed by atoms with Gasteiger partial charge in [-0.3, -0.25) is 9.48 Å². The molecule has 0 radical (unpaired) electrons. The summed E-state index contributed by atoms with van der Waals surface area (Å²) < 4.78 is 17.7. The van der Waals surface area contributed by atoms with E-state index in [0.29, 0.717) is 24.3 Å². The van der Waals surface area contributed by atoms with Gasteiger partial charge in [0.05, 0.1) is 11.6 Å². The monoisotopic (exact) mass is 383 g/mol. The maximum absolute atomic E-state index is 13.9. The third-order valence-corrected chi connectivity index (χ3v) is 4.64. The minimum atomic E-state index is -0.601. The van der Waals surface area contributed by atoms with E-state index in [4.69, 9.17) is 17.3 Å². The molecule has 0 fully saturated rings. The second kappa shape index (κ2) is 6.85. The predicted octanol–water partition coefficient (Wildman–Crippen LogP) is 3.49. The molecule has 0 unspecified atom stereocenters. The van der Waals surface area contributed by atoms with Gasteiger partial charge in [-0.15, -0.1) is 0 Å². The molecule has 2 N–H and O–H groups in total. The zero-order valence-electron chi connectivity index (χ0n) is 14.1. The summed E-state index contributed by atoms with van der Waals surface area (Å²) in [6, 6.07) is 9.84. The van der Waals surface area contributed by atoms with Crippen LogP contribution in [0, 0.1) is 5.82 Å². The molecule has 0 bridgehead atoms. The Balaban J connectivity index is 1.83. The van der Waals surface area contributed by atoms with Gasteiger partial charge < -0.3 is 10.3 Å². The van der Waals surface area contributed by atoms with Gasteiger partial charge in [-0.25, -0.2) is 9.37 Å². The second-order valence-electron chi connectivity index (χ2n) is 6.07. The van der Waals surface area contributed by atoms with Crippen LogP contribution in [0.4, 0.5) is 4.39 Å². The standard InChI is InChI=1S/C19H15ClFN5O/c20-15-4-2-12(10-16(15)21)14-11-25(8-9-26-7-1-6-23-26)19-13(14)3-5-17(24-19)18(22)27/h1-7,10-11H,8-9H2,(H2,22,27). The van der Waals surface area contributed by atoms with Crippen molar-refractivity contribution >= 4 is 28.5 Å². The Labute approximate surface area is 159 Å². The Morgan fingerprint density at radius 1 is 1.22 bits per heavy atom. The molecule has 8 heteroatoms. The van der Waals surface area contributed by atoms with Crippen LogP contribution in [0.15, 0.2) is 55.0 Å². The summed E-state index contributed by atoms with van der Waals surface area (Å²) in [4.78, 5) is 15.9. The first-order chi connectivity index (χ1) is 13.0. The van der Waals surface area contributed by atoms with Gasteiger partial charge in [0.25, 0.3) is 5.91 Å². The van der Waals surface area contributed by atoms with E-state index in [1.54, 1.807) is 29.1 Å². The van der Waals surface area contributed by atoms with Crippen LogP contribution in [-0.4, -0.2) is 25.2 Å². The number of rotatable bonds is 5.